The van der Waals surface area contributed by atoms with Crippen LogP contribution in [0.5, 0.6) is 17.5 Å². The highest BCUT2D eigenvalue weighted by Gasteiger charge is 2.24. The Morgan fingerprint density at radius 2 is 1.60 bits per heavy atom. The molecule has 1 aliphatic carbocycles. The fourth-order valence-electron chi connectivity index (χ4n) is 4.68. The number of aromatic nitrogens is 1. The average Bonchev–Trinajstić information content (AvgIpc) is 3.06. The molecule has 35 heavy (non-hydrogen) atoms. The highest BCUT2D eigenvalue weighted by Crippen LogP contribution is 2.40. The van der Waals surface area contributed by atoms with Crippen molar-refractivity contribution >= 4 is 5.70 Å². The highest BCUT2D eigenvalue weighted by atomic mass is 16.5. The summed E-state index contributed by atoms with van der Waals surface area (Å²) < 4.78 is 8.14. The predicted octanol–water partition coefficient (Wildman–Crippen LogP) is 7.52. The number of nitrogens with zero attached hydrogens (tertiary/aromatic N) is 2. The number of benzene rings is 1. The molecule has 0 spiro atoms. The molecule has 1 aromatic heterocycles. The molecule has 0 radical (unpaired) electrons. The van der Waals surface area contributed by atoms with Crippen LogP contribution in [0.15, 0.2) is 47.3 Å². The van der Waals surface area contributed by atoms with E-state index in [1.165, 1.54) is 0 Å². The third-order valence-corrected chi connectivity index (χ3v) is 6.64. The quantitative estimate of drug-likeness (QED) is 0.454. The van der Waals surface area contributed by atoms with Gasteiger partial charge in [-0.3, -0.25) is 4.57 Å². The van der Waals surface area contributed by atoms with Gasteiger partial charge in [0, 0.05) is 23.1 Å². The Labute approximate surface area is 209 Å². The third-order valence-electron chi connectivity index (χ3n) is 6.64. The summed E-state index contributed by atoms with van der Waals surface area (Å²) >= 11 is 0. The molecule has 0 unspecified atom stereocenters. The Kier molecular flexibility index (Phi) is 7.85. The first kappa shape index (κ1) is 26.2. The lowest BCUT2D eigenvalue weighted by Crippen LogP contribution is -2.14. The van der Waals surface area contributed by atoms with Gasteiger partial charge in [0.15, 0.2) is 0 Å². The van der Waals surface area contributed by atoms with Crippen molar-refractivity contribution in [1.29, 1.82) is 5.26 Å². The van der Waals surface area contributed by atoms with Gasteiger partial charge in [0.1, 0.15) is 11.5 Å². The van der Waals surface area contributed by atoms with Crippen LogP contribution in [0.1, 0.15) is 90.0 Å². The molecule has 1 heterocycles. The standard InChI is InChI=1S/C30H38N2O3/c1-8-21-17-22(32-28(33)23(9-2)24(10-3)29(32)34)15-19(4)11-13-26(21)35-27-14-12-20(18-31)16-25(27)30(5,6)7/h12,14-17,33-34H,8-11,13H2,1-7H3. The molecule has 5 nitrogen and oxygen atoms in total. The average molecular weight is 475 g/mol. The van der Waals surface area contributed by atoms with Crippen LogP contribution in [-0.2, 0) is 18.3 Å². The Balaban J connectivity index is 2.18. The normalized spacial score (nSPS) is 14.7. The lowest BCUT2D eigenvalue weighted by Gasteiger charge is -2.25. The zero-order chi connectivity index (χ0) is 25.9. The summed E-state index contributed by atoms with van der Waals surface area (Å²) in [5, 5.41) is 31.4. The maximum absolute atomic E-state index is 11.0. The first-order valence-corrected chi connectivity index (χ1v) is 12.5. The number of aromatic hydroxyl groups is 2. The first-order valence-electron chi connectivity index (χ1n) is 12.5. The van der Waals surface area contributed by atoms with Gasteiger partial charge in [0.25, 0.3) is 0 Å². The molecule has 5 heteroatoms. The topological polar surface area (TPSA) is 78.4 Å². The fourth-order valence-corrected chi connectivity index (χ4v) is 4.68. The van der Waals surface area contributed by atoms with Crippen LogP contribution in [-0.4, -0.2) is 14.8 Å². The van der Waals surface area contributed by atoms with Crippen molar-refractivity contribution in [2.45, 2.75) is 86.0 Å². The van der Waals surface area contributed by atoms with Crippen molar-refractivity contribution in [3.8, 4) is 23.6 Å². The Hall–Kier alpha value is -3.39. The lowest BCUT2D eigenvalue weighted by molar-refractivity contribution is 0.382. The van der Waals surface area contributed by atoms with E-state index in [1.54, 1.807) is 10.6 Å². The maximum Gasteiger partial charge on any atom is 0.202 e. The van der Waals surface area contributed by atoms with Crippen LogP contribution in [0.25, 0.3) is 5.70 Å². The number of ether oxygens (including phenoxy) is 1. The van der Waals surface area contributed by atoms with E-state index in [0.29, 0.717) is 18.4 Å². The summed E-state index contributed by atoms with van der Waals surface area (Å²) in [6.07, 6.45) is 7.60. The molecule has 1 aromatic carbocycles. The fraction of sp³-hybridized carbons (Fsp3) is 0.433. The van der Waals surface area contributed by atoms with Crippen LogP contribution in [0.4, 0.5) is 0 Å². The third kappa shape index (κ3) is 5.32. The largest absolute Gasteiger partial charge is 0.494 e. The van der Waals surface area contributed by atoms with Crippen molar-refractivity contribution < 1.29 is 14.9 Å². The van der Waals surface area contributed by atoms with Gasteiger partial charge in [-0.2, -0.15) is 5.26 Å². The van der Waals surface area contributed by atoms with E-state index < -0.39 is 0 Å². The van der Waals surface area contributed by atoms with Gasteiger partial charge in [-0.1, -0.05) is 47.1 Å². The van der Waals surface area contributed by atoms with E-state index in [-0.39, 0.29) is 17.2 Å². The van der Waals surface area contributed by atoms with Gasteiger partial charge in [-0.05, 0) is 73.9 Å². The summed E-state index contributed by atoms with van der Waals surface area (Å²) in [5.41, 5.74) is 5.84. The molecule has 0 bridgehead atoms. The molecule has 0 amide bonds. The number of hydrogen-bond donors (Lipinski definition) is 2. The van der Waals surface area contributed by atoms with Crippen molar-refractivity contribution in [3.05, 3.63) is 69.5 Å². The number of allylic oxidation sites excluding steroid dienone is 6. The van der Waals surface area contributed by atoms with Crippen LogP contribution < -0.4 is 4.74 Å². The molecule has 0 atom stereocenters. The molecule has 186 valence electrons. The zero-order valence-corrected chi connectivity index (χ0v) is 22.1. The summed E-state index contributed by atoms with van der Waals surface area (Å²) in [5.74, 6) is 1.81. The number of nitriles is 1. The van der Waals surface area contributed by atoms with Gasteiger partial charge in [-0.25, -0.2) is 0 Å². The van der Waals surface area contributed by atoms with E-state index in [2.05, 4.69) is 40.7 Å². The molecular formula is C30H38N2O3. The summed E-state index contributed by atoms with van der Waals surface area (Å²) in [4.78, 5) is 0. The zero-order valence-electron chi connectivity index (χ0n) is 22.1. The minimum absolute atomic E-state index is 0.0951. The molecule has 3 rings (SSSR count). The Morgan fingerprint density at radius 3 is 2.11 bits per heavy atom. The molecule has 0 saturated heterocycles. The van der Waals surface area contributed by atoms with Gasteiger partial charge >= 0.3 is 0 Å². The van der Waals surface area contributed by atoms with Crippen LogP contribution in [0, 0.1) is 11.3 Å². The van der Waals surface area contributed by atoms with Crippen molar-refractivity contribution in [3.63, 3.8) is 0 Å². The maximum atomic E-state index is 11.0. The molecule has 0 saturated carbocycles. The molecule has 0 aliphatic heterocycles. The Morgan fingerprint density at radius 1 is 0.971 bits per heavy atom. The van der Waals surface area contributed by atoms with E-state index in [1.807, 2.05) is 38.1 Å². The molecule has 0 fully saturated rings. The second-order valence-corrected chi connectivity index (χ2v) is 10.2. The van der Waals surface area contributed by atoms with Crippen LogP contribution >= 0.6 is 0 Å². The van der Waals surface area contributed by atoms with Gasteiger partial charge in [0.05, 0.1) is 17.3 Å². The monoisotopic (exact) mass is 474 g/mol. The number of hydrogen-bond acceptors (Lipinski definition) is 4. The van der Waals surface area contributed by atoms with Crippen molar-refractivity contribution in [1.82, 2.24) is 4.57 Å². The predicted molar refractivity (Wildman–Crippen MR) is 142 cm³/mol. The molecule has 2 N–H and O–H groups in total. The van der Waals surface area contributed by atoms with Crippen LogP contribution in [0.2, 0.25) is 0 Å². The van der Waals surface area contributed by atoms with Crippen molar-refractivity contribution in [2.75, 3.05) is 0 Å². The number of rotatable bonds is 6. The van der Waals surface area contributed by atoms with Gasteiger partial charge in [0.2, 0.25) is 11.8 Å². The second-order valence-electron chi connectivity index (χ2n) is 10.2. The van der Waals surface area contributed by atoms with E-state index in [9.17, 15) is 15.5 Å². The van der Waals surface area contributed by atoms with Crippen molar-refractivity contribution in [2.24, 2.45) is 0 Å². The van der Waals surface area contributed by atoms with Gasteiger partial charge < -0.3 is 14.9 Å². The van der Waals surface area contributed by atoms with E-state index >= 15 is 0 Å². The summed E-state index contributed by atoms with van der Waals surface area (Å²) in [7, 11) is 0. The lowest BCUT2D eigenvalue weighted by atomic mass is 9.85. The molecular weight excluding hydrogens is 436 g/mol. The van der Waals surface area contributed by atoms with E-state index in [0.717, 1.165) is 64.3 Å². The summed E-state index contributed by atoms with van der Waals surface area (Å²) in [6, 6.07) is 7.82. The highest BCUT2D eigenvalue weighted by molar-refractivity contribution is 5.69. The van der Waals surface area contributed by atoms with Gasteiger partial charge in [-0.15, -0.1) is 0 Å². The first-order chi connectivity index (χ1) is 16.5. The molecule has 2 aromatic rings. The molecule has 1 aliphatic rings. The Bertz CT molecular complexity index is 1220. The second kappa shape index (κ2) is 10.5. The van der Waals surface area contributed by atoms with Crippen LogP contribution in [0.3, 0.4) is 0 Å². The minimum Gasteiger partial charge on any atom is -0.494 e. The smallest absolute Gasteiger partial charge is 0.202 e. The minimum atomic E-state index is -0.191. The van der Waals surface area contributed by atoms with E-state index in [4.69, 9.17) is 4.74 Å². The SMILES string of the molecule is CCC1=C(Oc2ccc(C#N)cc2C(C)(C)C)CCC(C)=CC(n2c(O)c(CC)c(CC)c2O)=C1. The summed E-state index contributed by atoms with van der Waals surface area (Å²) in [6.45, 7) is 14.5.